The number of nitrogens with zero attached hydrogens (tertiary/aromatic N) is 2. The smallest absolute Gasteiger partial charge is 0.357 e. The molecule has 0 bridgehead atoms. The molecule has 0 radical (unpaired) electrons. The average molecular weight is 353 g/mol. The van der Waals surface area contributed by atoms with Gasteiger partial charge in [-0.1, -0.05) is 13.8 Å². The number of hydrogen-bond acceptors (Lipinski definition) is 3. The number of rotatable bonds is 5. The Morgan fingerprint density at radius 3 is 2.48 bits per heavy atom. The monoisotopic (exact) mass is 352 g/mol. The van der Waals surface area contributed by atoms with E-state index < -0.39 is 5.97 Å². The minimum Gasteiger partial charge on any atom is -0.494 e. The lowest BCUT2D eigenvalue weighted by atomic mass is 10.1. The Labute approximate surface area is 131 Å². The molecule has 5 nitrogen and oxygen atoms in total. The normalized spacial score (nSPS) is 10.9. The van der Waals surface area contributed by atoms with Crippen LogP contribution in [-0.2, 0) is 0 Å². The summed E-state index contributed by atoms with van der Waals surface area (Å²) >= 11 is 3.35. The first-order valence-electron chi connectivity index (χ1n) is 6.70. The molecule has 6 heteroatoms. The first kappa shape index (κ1) is 15.6. The Bertz CT molecular complexity index is 648. The van der Waals surface area contributed by atoms with Crippen LogP contribution in [0.3, 0.4) is 0 Å². The lowest BCUT2D eigenvalue weighted by Gasteiger charge is -2.11. The maximum Gasteiger partial charge on any atom is 0.357 e. The fraction of sp³-hybridized carbons (Fsp3) is 0.333. The lowest BCUT2D eigenvalue weighted by molar-refractivity contribution is 0.0689. The van der Waals surface area contributed by atoms with Crippen molar-refractivity contribution in [3.63, 3.8) is 0 Å². The van der Waals surface area contributed by atoms with E-state index in [2.05, 4.69) is 21.0 Å². The molecule has 0 spiro atoms. The van der Waals surface area contributed by atoms with Gasteiger partial charge in [0, 0.05) is 0 Å². The summed E-state index contributed by atoms with van der Waals surface area (Å²) in [6.45, 7) is 6.53. The molecule has 1 aromatic carbocycles. The molecule has 1 heterocycles. The third kappa shape index (κ3) is 3.10. The second kappa shape index (κ2) is 6.30. The molecule has 21 heavy (non-hydrogen) atoms. The van der Waals surface area contributed by atoms with Gasteiger partial charge in [0.15, 0.2) is 5.69 Å². The SMILES string of the molecule is CCOc1ccc(-n2nc(C(=O)O)c(Br)c2C(C)C)cc1. The van der Waals surface area contributed by atoms with Crippen molar-refractivity contribution in [1.29, 1.82) is 0 Å². The van der Waals surface area contributed by atoms with E-state index in [9.17, 15) is 9.90 Å². The Kier molecular flexibility index (Phi) is 4.67. The molecule has 0 aliphatic heterocycles. The maximum absolute atomic E-state index is 11.3. The van der Waals surface area contributed by atoms with Crippen molar-refractivity contribution >= 4 is 21.9 Å². The fourth-order valence-corrected chi connectivity index (χ4v) is 2.97. The van der Waals surface area contributed by atoms with E-state index in [0.29, 0.717) is 11.1 Å². The molecule has 1 N–H and O–H groups in total. The molecular weight excluding hydrogens is 336 g/mol. The van der Waals surface area contributed by atoms with E-state index in [1.807, 2.05) is 45.0 Å². The number of carboxylic acids is 1. The van der Waals surface area contributed by atoms with Gasteiger partial charge >= 0.3 is 5.97 Å². The van der Waals surface area contributed by atoms with Crippen LogP contribution < -0.4 is 4.74 Å². The third-order valence-electron chi connectivity index (χ3n) is 3.00. The zero-order valence-corrected chi connectivity index (χ0v) is 13.7. The number of carbonyl (C=O) groups is 1. The molecule has 0 aliphatic rings. The van der Waals surface area contributed by atoms with Crippen LogP contribution in [0.4, 0.5) is 0 Å². The van der Waals surface area contributed by atoms with Crippen molar-refractivity contribution in [2.75, 3.05) is 6.61 Å². The highest BCUT2D eigenvalue weighted by Crippen LogP contribution is 2.30. The van der Waals surface area contributed by atoms with Crippen molar-refractivity contribution in [2.45, 2.75) is 26.7 Å². The quantitative estimate of drug-likeness (QED) is 0.887. The topological polar surface area (TPSA) is 64.4 Å². The number of ether oxygens (including phenoxy) is 1. The van der Waals surface area contributed by atoms with Gasteiger partial charge < -0.3 is 9.84 Å². The Morgan fingerprint density at radius 2 is 2.00 bits per heavy atom. The second-order valence-corrected chi connectivity index (χ2v) is 5.64. The summed E-state index contributed by atoms with van der Waals surface area (Å²) in [5.74, 6) is -0.142. The van der Waals surface area contributed by atoms with Crippen LogP contribution in [-0.4, -0.2) is 27.5 Å². The first-order valence-corrected chi connectivity index (χ1v) is 7.50. The van der Waals surface area contributed by atoms with Gasteiger partial charge in [-0.15, -0.1) is 0 Å². The molecule has 0 unspecified atom stereocenters. The molecule has 0 atom stereocenters. The summed E-state index contributed by atoms with van der Waals surface area (Å²) in [4.78, 5) is 11.3. The highest BCUT2D eigenvalue weighted by atomic mass is 79.9. The Hall–Kier alpha value is -1.82. The van der Waals surface area contributed by atoms with E-state index in [1.165, 1.54) is 0 Å². The summed E-state index contributed by atoms with van der Waals surface area (Å²) in [6.07, 6.45) is 0. The standard InChI is InChI=1S/C15H17BrN2O3/c1-4-21-11-7-5-10(6-8-11)18-14(9(2)3)12(16)13(17-18)15(19)20/h5-9H,4H2,1-3H3,(H,19,20). The molecule has 2 rings (SSSR count). The van der Waals surface area contributed by atoms with E-state index >= 15 is 0 Å². The molecule has 1 aromatic heterocycles. The van der Waals surface area contributed by atoms with Gasteiger partial charge in [-0.05, 0) is 53.0 Å². The molecule has 0 saturated carbocycles. The molecule has 0 fully saturated rings. The predicted octanol–water partition coefficient (Wildman–Crippen LogP) is 3.86. The molecule has 2 aromatic rings. The number of carboxylic acid groups (broad SMARTS) is 1. The summed E-state index contributed by atoms with van der Waals surface area (Å²) in [5, 5.41) is 13.4. The number of aromatic nitrogens is 2. The van der Waals surface area contributed by atoms with Crippen LogP contribution in [0, 0.1) is 0 Å². The van der Waals surface area contributed by atoms with Crippen molar-refractivity contribution in [1.82, 2.24) is 9.78 Å². The van der Waals surface area contributed by atoms with Gasteiger partial charge in [0.25, 0.3) is 0 Å². The van der Waals surface area contributed by atoms with E-state index in [-0.39, 0.29) is 11.6 Å². The fourth-order valence-electron chi connectivity index (χ4n) is 2.09. The summed E-state index contributed by atoms with van der Waals surface area (Å²) in [5.41, 5.74) is 1.65. The first-order chi connectivity index (χ1) is 9.95. The maximum atomic E-state index is 11.3. The van der Waals surface area contributed by atoms with Crippen LogP contribution in [0.2, 0.25) is 0 Å². The summed E-state index contributed by atoms with van der Waals surface area (Å²) < 4.78 is 7.60. The van der Waals surface area contributed by atoms with Crippen molar-refractivity contribution in [2.24, 2.45) is 0 Å². The lowest BCUT2D eigenvalue weighted by Crippen LogP contribution is -2.05. The van der Waals surface area contributed by atoms with Crippen molar-refractivity contribution in [3.05, 3.63) is 40.1 Å². The molecule has 0 saturated heterocycles. The number of benzene rings is 1. The molecule has 0 amide bonds. The van der Waals surface area contributed by atoms with Gasteiger partial charge in [0.05, 0.1) is 22.5 Å². The average Bonchev–Trinajstić information content (AvgIpc) is 2.78. The van der Waals surface area contributed by atoms with Crippen LogP contribution in [0.15, 0.2) is 28.7 Å². The predicted molar refractivity (Wildman–Crippen MR) is 83.5 cm³/mol. The minimum absolute atomic E-state index is 0.0209. The second-order valence-electron chi connectivity index (χ2n) is 4.85. The Morgan fingerprint density at radius 1 is 1.38 bits per heavy atom. The number of aromatic carboxylic acids is 1. The zero-order chi connectivity index (χ0) is 15.6. The van der Waals surface area contributed by atoms with Gasteiger partial charge in [-0.2, -0.15) is 5.10 Å². The molecular formula is C15H17BrN2O3. The number of halogens is 1. The van der Waals surface area contributed by atoms with Crippen LogP contribution >= 0.6 is 15.9 Å². The molecule has 0 aliphatic carbocycles. The number of hydrogen-bond donors (Lipinski definition) is 1. The minimum atomic E-state index is -1.05. The Balaban J connectivity index is 2.52. The van der Waals surface area contributed by atoms with Gasteiger partial charge in [0.2, 0.25) is 0 Å². The highest BCUT2D eigenvalue weighted by Gasteiger charge is 2.23. The van der Waals surface area contributed by atoms with Crippen molar-refractivity contribution < 1.29 is 14.6 Å². The third-order valence-corrected chi connectivity index (χ3v) is 3.78. The zero-order valence-electron chi connectivity index (χ0n) is 12.1. The van der Waals surface area contributed by atoms with Gasteiger partial charge in [0.1, 0.15) is 5.75 Å². The van der Waals surface area contributed by atoms with Gasteiger partial charge in [-0.25, -0.2) is 9.48 Å². The van der Waals surface area contributed by atoms with E-state index in [0.717, 1.165) is 17.1 Å². The van der Waals surface area contributed by atoms with Crippen molar-refractivity contribution in [3.8, 4) is 11.4 Å². The highest BCUT2D eigenvalue weighted by molar-refractivity contribution is 9.10. The largest absolute Gasteiger partial charge is 0.494 e. The van der Waals surface area contributed by atoms with Gasteiger partial charge in [-0.3, -0.25) is 0 Å². The summed E-state index contributed by atoms with van der Waals surface area (Å²) in [7, 11) is 0. The van der Waals surface area contributed by atoms with E-state index in [1.54, 1.807) is 4.68 Å². The molecule has 112 valence electrons. The summed E-state index contributed by atoms with van der Waals surface area (Å²) in [6, 6.07) is 7.42. The van der Waals surface area contributed by atoms with Crippen LogP contribution in [0.25, 0.3) is 5.69 Å². The van der Waals surface area contributed by atoms with Crippen LogP contribution in [0.5, 0.6) is 5.75 Å². The van der Waals surface area contributed by atoms with E-state index in [4.69, 9.17) is 4.74 Å². The van der Waals surface area contributed by atoms with Crippen LogP contribution in [0.1, 0.15) is 42.9 Å².